The predicted molar refractivity (Wildman–Crippen MR) is 64.3 cm³/mol. The van der Waals surface area contributed by atoms with Gasteiger partial charge in [0.25, 0.3) is 0 Å². The molecule has 2 rings (SSSR count). The minimum atomic E-state index is 0.402. The molecule has 1 aromatic carbocycles. The second-order valence-corrected chi connectivity index (χ2v) is 4.96. The third-order valence-electron chi connectivity index (χ3n) is 1.92. The van der Waals surface area contributed by atoms with Crippen LogP contribution in [-0.4, -0.2) is 11.2 Å². The lowest BCUT2D eigenvalue weighted by Crippen LogP contribution is -1.78. The third-order valence-corrected chi connectivity index (χ3v) is 3.93. The Morgan fingerprint density at radius 2 is 2.47 bits per heavy atom. The van der Waals surface area contributed by atoms with Crippen molar-refractivity contribution in [1.29, 1.82) is 0 Å². The summed E-state index contributed by atoms with van der Waals surface area (Å²) in [6.07, 6.45) is 2.01. The number of hydrogen-bond donors (Lipinski definition) is 0. The zero-order chi connectivity index (χ0) is 10.7. The molecule has 0 N–H and O–H groups in total. The highest BCUT2D eigenvalue weighted by Crippen LogP contribution is 2.28. The molecule has 0 bridgehead atoms. The summed E-state index contributed by atoms with van der Waals surface area (Å²) >= 11 is 3.31. The van der Waals surface area contributed by atoms with Gasteiger partial charge in [0, 0.05) is 4.91 Å². The highest BCUT2D eigenvalue weighted by molar-refractivity contribution is 8.00. The molecule has 0 radical (unpaired) electrons. The summed E-state index contributed by atoms with van der Waals surface area (Å²) in [5.74, 6) is 0. The van der Waals surface area contributed by atoms with Gasteiger partial charge < -0.3 is 0 Å². The molecule has 0 fully saturated rings. The van der Waals surface area contributed by atoms with E-state index in [2.05, 4.69) is 15.0 Å². The molecule has 0 saturated carbocycles. The van der Waals surface area contributed by atoms with Crippen LogP contribution in [0.2, 0.25) is 0 Å². The van der Waals surface area contributed by atoms with Crippen molar-refractivity contribution < 1.29 is 0 Å². The van der Waals surface area contributed by atoms with E-state index in [9.17, 15) is 0 Å². The van der Waals surface area contributed by atoms with Gasteiger partial charge in [0.2, 0.25) is 0 Å². The predicted octanol–water partition coefficient (Wildman–Crippen LogP) is 3.83. The number of benzene rings is 1. The Morgan fingerprint density at radius 3 is 3.20 bits per heavy atom. The fourth-order valence-electron chi connectivity index (χ4n) is 1.25. The first-order valence-corrected chi connectivity index (χ1v) is 6.32. The van der Waals surface area contributed by atoms with E-state index in [0.29, 0.717) is 6.54 Å². The first kappa shape index (κ1) is 10.3. The van der Waals surface area contributed by atoms with Crippen molar-refractivity contribution in [3.05, 3.63) is 34.2 Å². The van der Waals surface area contributed by atoms with Crippen molar-refractivity contribution in [3.8, 4) is 0 Å². The Bertz CT molecular complexity index is 528. The highest BCUT2D eigenvalue weighted by atomic mass is 32.2. The first-order valence-electron chi connectivity index (χ1n) is 4.28. The van der Waals surface area contributed by atoms with Gasteiger partial charge in [-0.1, -0.05) is 22.9 Å². The van der Waals surface area contributed by atoms with Crippen LogP contribution in [0.1, 0.15) is 5.56 Å². The van der Waals surface area contributed by atoms with Crippen molar-refractivity contribution in [2.45, 2.75) is 10.9 Å². The summed E-state index contributed by atoms with van der Waals surface area (Å²) in [6, 6.07) is 5.94. The summed E-state index contributed by atoms with van der Waals surface area (Å²) in [6.45, 7) is 0.402. The Hall–Kier alpha value is -1.23. The molecule has 1 heterocycles. The van der Waals surface area contributed by atoms with E-state index in [1.807, 2.05) is 24.5 Å². The van der Waals surface area contributed by atoms with Crippen molar-refractivity contribution >= 4 is 33.3 Å². The lowest BCUT2D eigenvalue weighted by atomic mass is 10.2. The van der Waals surface area contributed by atoms with Gasteiger partial charge >= 0.3 is 0 Å². The van der Waals surface area contributed by atoms with Gasteiger partial charge in [-0.05, 0) is 29.5 Å². The topological polar surface area (TPSA) is 61.7 Å². The molecule has 4 nitrogen and oxygen atoms in total. The van der Waals surface area contributed by atoms with Gasteiger partial charge in [0.1, 0.15) is 0 Å². The number of azide groups is 1. The van der Waals surface area contributed by atoms with Gasteiger partial charge in [0.15, 0.2) is 4.34 Å². The maximum Gasteiger partial charge on any atom is 0.150 e. The number of rotatable bonds is 3. The van der Waals surface area contributed by atoms with Gasteiger partial charge in [-0.2, -0.15) is 0 Å². The maximum atomic E-state index is 8.23. The summed E-state index contributed by atoms with van der Waals surface area (Å²) in [5.41, 5.74) is 10.3. The third kappa shape index (κ3) is 2.23. The largest absolute Gasteiger partial charge is 0.230 e. The molecule has 0 aliphatic heterocycles. The fourth-order valence-corrected chi connectivity index (χ4v) is 2.80. The van der Waals surface area contributed by atoms with Crippen molar-refractivity contribution in [2.24, 2.45) is 5.11 Å². The van der Waals surface area contributed by atoms with Crippen molar-refractivity contribution in [1.82, 2.24) is 4.98 Å². The van der Waals surface area contributed by atoms with E-state index in [4.69, 9.17) is 5.53 Å². The molecule has 15 heavy (non-hydrogen) atoms. The Morgan fingerprint density at radius 1 is 1.60 bits per heavy atom. The second kappa shape index (κ2) is 4.53. The van der Waals surface area contributed by atoms with Crippen LogP contribution < -0.4 is 0 Å². The first-order chi connectivity index (χ1) is 7.33. The Labute approximate surface area is 95.0 Å². The molecule has 2 aromatic rings. The molecule has 0 saturated heterocycles. The summed E-state index contributed by atoms with van der Waals surface area (Å²) in [7, 11) is 0. The monoisotopic (exact) mass is 236 g/mol. The zero-order valence-corrected chi connectivity index (χ0v) is 9.68. The molecule has 6 heteroatoms. The SMILES string of the molecule is CSc1nc2ccc(CN=[N+]=[N-])cc2s1. The lowest BCUT2D eigenvalue weighted by Gasteiger charge is -1.93. The van der Waals surface area contributed by atoms with E-state index in [1.54, 1.807) is 23.1 Å². The average molecular weight is 236 g/mol. The van der Waals surface area contributed by atoms with Gasteiger partial charge in [-0.15, -0.1) is 11.3 Å². The van der Waals surface area contributed by atoms with E-state index in [1.165, 1.54) is 0 Å². The number of aromatic nitrogens is 1. The van der Waals surface area contributed by atoms with Gasteiger partial charge in [-0.25, -0.2) is 4.98 Å². The van der Waals surface area contributed by atoms with E-state index >= 15 is 0 Å². The molecule has 0 amide bonds. The molecule has 1 aromatic heterocycles. The van der Waals surface area contributed by atoms with Crippen molar-refractivity contribution in [2.75, 3.05) is 6.26 Å². The maximum absolute atomic E-state index is 8.23. The zero-order valence-electron chi connectivity index (χ0n) is 8.04. The van der Waals surface area contributed by atoms with Crippen LogP contribution in [0.4, 0.5) is 0 Å². The van der Waals surface area contributed by atoms with Crippen molar-refractivity contribution in [3.63, 3.8) is 0 Å². The Balaban J connectivity index is 2.41. The van der Waals surface area contributed by atoms with Crippen LogP contribution in [0.15, 0.2) is 27.7 Å². The smallest absolute Gasteiger partial charge is 0.150 e. The highest BCUT2D eigenvalue weighted by Gasteiger charge is 2.02. The number of thiazole rings is 1. The fraction of sp³-hybridized carbons (Fsp3) is 0.222. The number of nitrogens with zero attached hydrogens (tertiary/aromatic N) is 4. The van der Waals surface area contributed by atoms with Crippen LogP contribution >= 0.6 is 23.1 Å². The molecule has 0 unspecified atom stereocenters. The second-order valence-electron chi connectivity index (χ2n) is 2.87. The summed E-state index contributed by atoms with van der Waals surface area (Å²) < 4.78 is 2.20. The van der Waals surface area contributed by atoms with Gasteiger partial charge in [-0.3, -0.25) is 0 Å². The van der Waals surface area contributed by atoms with E-state index < -0.39 is 0 Å². The van der Waals surface area contributed by atoms with E-state index in [0.717, 1.165) is 20.1 Å². The molecule has 0 atom stereocenters. The molecular formula is C9H8N4S2. The van der Waals surface area contributed by atoms with Crippen LogP contribution in [0.3, 0.4) is 0 Å². The van der Waals surface area contributed by atoms with Crippen LogP contribution in [0.5, 0.6) is 0 Å². The number of hydrogen-bond acceptors (Lipinski definition) is 4. The van der Waals surface area contributed by atoms with Crippen LogP contribution in [-0.2, 0) is 6.54 Å². The number of fused-ring (bicyclic) bond motifs is 1. The summed E-state index contributed by atoms with van der Waals surface area (Å²) in [4.78, 5) is 7.17. The Kier molecular flexibility index (Phi) is 3.11. The summed E-state index contributed by atoms with van der Waals surface area (Å²) in [5, 5.41) is 3.54. The molecule has 76 valence electrons. The minimum Gasteiger partial charge on any atom is -0.230 e. The standard InChI is InChI=1S/C9H8N4S2/c1-14-9-12-7-3-2-6(5-11-13-10)4-8(7)15-9/h2-4H,5H2,1H3. The molecule has 0 spiro atoms. The molecule has 0 aliphatic carbocycles. The van der Waals surface area contributed by atoms with Gasteiger partial charge in [0.05, 0.1) is 16.8 Å². The minimum absolute atomic E-state index is 0.402. The number of thioether (sulfide) groups is 1. The average Bonchev–Trinajstić information content (AvgIpc) is 2.68. The van der Waals surface area contributed by atoms with Crippen LogP contribution in [0, 0.1) is 0 Å². The van der Waals surface area contributed by atoms with E-state index in [-0.39, 0.29) is 0 Å². The quantitative estimate of drug-likeness (QED) is 0.352. The molecule has 0 aliphatic rings. The normalized spacial score (nSPS) is 10.2. The molecular weight excluding hydrogens is 228 g/mol. The van der Waals surface area contributed by atoms with Crippen LogP contribution in [0.25, 0.3) is 20.7 Å². The lowest BCUT2D eigenvalue weighted by molar-refractivity contribution is 1.05.